The van der Waals surface area contributed by atoms with Crippen molar-refractivity contribution in [1.29, 1.82) is 0 Å². The van der Waals surface area contributed by atoms with E-state index in [9.17, 15) is 4.79 Å². The molecular formula is C11H18N4O2. The minimum Gasteiger partial charge on any atom is -0.477 e. The normalized spacial score (nSPS) is 10.5. The van der Waals surface area contributed by atoms with Crippen LogP contribution in [0.15, 0.2) is 12.3 Å². The van der Waals surface area contributed by atoms with Crippen LogP contribution in [0.25, 0.3) is 0 Å². The van der Waals surface area contributed by atoms with Gasteiger partial charge in [0.25, 0.3) is 5.91 Å². The molecule has 0 radical (unpaired) electrons. The van der Waals surface area contributed by atoms with E-state index in [-0.39, 0.29) is 11.4 Å². The highest BCUT2D eigenvalue weighted by molar-refractivity contribution is 5.95. The number of pyridine rings is 1. The van der Waals surface area contributed by atoms with Crippen LogP contribution in [0, 0.1) is 0 Å². The number of amides is 1. The number of primary amides is 1. The molecule has 0 aliphatic heterocycles. The van der Waals surface area contributed by atoms with E-state index in [2.05, 4.69) is 9.88 Å². The smallest absolute Gasteiger partial charge is 0.254 e. The summed E-state index contributed by atoms with van der Waals surface area (Å²) in [7, 11) is 3.96. The second-order valence-electron chi connectivity index (χ2n) is 3.99. The molecule has 4 N–H and O–H groups in total. The fourth-order valence-electron chi connectivity index (χ4n) is 1.31. The molecule has 0 aliphatic carbocycles. The summed E-state index contributed by atoms with van der Waals surface area (Å²) in [4.78, 5) is 17.2. The zero-order chi connectivity index (χ0) is 12.8. The lowest BCUT2D eigenvalue weighted by Gasteiger charge is -2.11. The van der Waals surface area contributed by atoms with Crippen molar-refractivity contribution >= 4 is 11.6 Å². The summed E-state index contributed by atoms with van der Waals surface area (Å²) >= 11 is 0. The van der Waals surface area contributed by atoms with Gasteiger partial charge in [-0.3, -0.25) is 4.79 Å². The van der Waals surface area contributed by atoms with Gasteiger partial charge in [0.2, 0.25) is 5.88 Å². The van der Waals surface area contributed by atoms with Crippen molar-refractivity contribution in [1.82, 2.24) is 9.88 Å². The molecule has 0 unspecified atom stereocenters. The van der Waals surface area contributed by atoms with Gasteiger partial charge >= 0.3 is 0 Å². The number of rotatable bonds is 6. The van der Waals surface area contributed by atoms with E-state index in [1.54, 1.807) is 0 Å². The molecule has 0 spiro atoms. The third kappa shape index (κ3) is 4.28. The monoisotopic (exact) mass is 238 g/mol. The van der Waals surface area contributed by atoms with Crippen LogP contribution in [0.2, 0.25) is 0 Å². The number of nitrogen functional groups attached to an aromatic ring is 1. The Morgan fingerprint density at radius 3 is 2.82 bits per heavy atom. The lowest BCUT2D eigenvalue weighted by atomic mass is 10.2. The highest BCUT2D eigenvalue weighted by Gasteiger charge is 2.11. The Kier molecular flexibility index (Phi) is 4.71. The van der Waals surface area contributed by atoms with Gasteiger partial charge in [0.15, 0.2) is 0 Å². The number of aromatic nitrogens is 1. The maximum atomic E-state index is 11.2. The zero-order valence-corrected chi connectivity index (χ0v) is 10.1. The Bertz CT molecular complexity index is 393. The molecule has 0 saturated heterocycles. The summed E-state index contributed by atoms with van der Waals surface area (Å²) in [6.07, 6.45) is 2.28. The number of carbonyl (C=O) groups is 1. The standard InChI is InChI=1S/C11H18N4O2/c1-15(2)4-3-5-17-11-9(10(13)16)6-8(12)7-14-11/h6-7H,3-5,12H2,1-2H3,(H2,13,16). The first-order valence-corrected chi connectivity index (χ1v) is 5.33. The number of anilines is 1. The summed E-state index contributed by atoms with van der Waals surface area (Å²) in [5.41, 5.74) is 11.3. The minimum atomic E-state index is -0.590. The van der Waals surface area contributed by atoms with Crippen LogP contribution in [0.3, 0.4) is 0 Å². The maximum Gasteiger partial charge on any atom is 0.254 e. The fourth-order valence-corrected chi connectivity index (χ4v) is 1.31. The molecule has 6 heteroatoms. The van der Waals surface area contributed by atoms with Gasteiger partial charge in [0.05, 0.1) is 18.5 Å². The molecule has 1 rings (SSSR count). The highest BCUT2D eigenvalue weighted by Crippen LogP contribution is 2.17. The molecule has 0 bridgehead atoms. The van der Waals surface area contributed by atoms with E-state index in [4.69, 9.17) is 16.2 Å². The van der Waals surface area contributed by atoms with Gasteiger partial charge in [-0.1, -0.05) is 0 Å². The van der Waals surface area contributed by atoms with Gasteiger partial charge in [-0.15, -0.1) is 0 Å². The van der Waals surface area contributed by atoms with Crippen LogP contribution in [0.4, 0.5) is 5.69 Å². The molecule has 6 nitrogen and oxygen atoms in total. The summed E-state index contributed by atoms with van der Waals surface area (Å²) in [6.45, 7) is 1.39. The van der Waals surface area contributed by atoms with Crippen LogP contribution in [-0.2, 0) is 0 Å². The van der Waals surface area contributed by atoms with Crippen molar-refractivity contribution in [2.45, 2.75) is 6.42 Å². The van der Waals surface area contributed by atoms with Crippen LogP contribution < -0.4 is 16.2 Å². The summed E-state index contributed by atoms with van der Waals surface area (Å²) in [6, 6.07) is 1.47. The van der Waals surface area contributed by atoms with Gasteiger partial charge < -0.3 is 21.1 Å². The minimum absolute atomic E-state index is 0.217. The van der Waals surface area contributed by atoms with Gasteiger partial charge in [-0.25, -0.2) is 4.98 Å². The first-order valence-electron chi connectivity index (χ1n) is 5.33. The molecule has 0 aromatic carbocycles. The predicted molar refractivity (Wildman–Crippen MR) is 65.8 cm³/mol. The quantitative estimate of drug-likeness (QED) is 0.685. The molecular weight excluding hydrogens is 220 g/mol. The van der Waals surface area contributed by atoms with Crippen LogP contribution in [0.1, 0.15) is 16.8 Å². The van der Waals surface area contributed by atoms with E-state index in [1.807, 2.05) is 14.1 Å². The van der Waals surface area contributed by atoms with E-state index in [0.29, 0.717) is 12.3 Å². The van der Waals surface area contributed by atoms with Gasteiger partial charge in [0, 0.05) is 6.54 Å². The van der Waals surface area contributed by atoms with Crippen molar-refractivity contribution in [2.75, 3.05) is 33.0 Å². The fraction of sp³-hybridized carbons (Fsp3) is 0.455. The molecule has 0 saturated carbocycles. The average molecular weight is 238 g/mol. The summed E-state index contributed by atoms with van der Waals surface area (Å²) in [5.74, 6) is -0.349. The Morgan fingerprint density at radius 1 is 1.53 bits per heavy atom. The summed E-state index contributed by atoms with van der Waals surface area (Å²) in [5, 5.41) is 0. The molecule has 1 aromatic rings. The maximum absolute atomic E-state index is 11.2. The van der Waals surface area contributed by atoms with Crippen molar-refractivity contribution in [3.05, 3.63) is 17.8 Å². The number of nitrogens with zero attached hydrogens (tertiary/aromatic N) is 2. The SMILES string of the molecule is CN(C)CCCOc1ncc(N)cc1C(N)=O. The van der Waals surface area contributed by atoms with Crippen molar-refractivity contribution in [3.63, 3.8) is 0 Å². The van der Waals surface area contributed by atoms with E-state index < -0.39 is 5.91 Å². The molecule has 94 valence electrons. The number of hydrogen-bond acceptors (Lipinski definition) is 5. The zero-order valence-electron chi connectivity index (χ0n) is 10.1. The Balaban J connectivity index is 2.61. The van der Waals surface area contributed by atoms with Gasteiger partial charge in [0.1, 0.15) is 5.56 Å². The van der Waals surface area contributed by atoms with Crippen LogP contribution in [0.5, 0.6) is 5.88 Å². The van der Waals surface area contributed by atoms with Crippen LogP contribution >= 0.6 is 0 Å². The third-order valence-electron chi connectivity index (χ3n) is 2.13. The van der Waals surface area contributed by atoms with E-state index >= 15 is 0 Å². The topological polar surface area (TPSA) is 94.5 Å². The number of hydrogen-bond donors (Lipinski definition) is 2. The largest absolute Gasteiger partial charge is 0.477 e. The summed E-state index contributed by atoms with van der Waals surface area (Å²) < 4.78 is 5.41. The lowest BCUT2D eigenvalue weighted by molar-refractivity contribution is 0.0995. The second kappa shape index (κ2) is 6.05. The van der Waals surface area contributed by atoms with Crippen molar-refractivity contribution < 1.29 is 9.53 Å². The second-order valence-corrected chi connectivity index (χ2v) is 3.99. The predicted octanol–water partition coefficient (Wildman–Crippen LogP) is 0.0932. The van der Waals surface area contributed by atoms with E-state index in [1.165, 1.54) is 12.3 Å². The number of carbonyl (C=O) groups excluding carboxylic acids is 1. The Hall–Kier alpha value is -1.82. The molecule has 1 amide bonds. The first-order chi connectivity index (χ1) is 8.00. The van der Waals surface area contributed by atoms with Crippen LogP contribution in [-0.4, -0.2) is 43.0 Å². The molecule has 17 heavy (non-hydrogen) atoms. The Morgan fingerprint density at radius 2 is 2.24 bits per heavy atom. The molecule has 1 heterocycles. The average Bonchev–Trinajstić information content (AvgIpc) is 2.25. The van der Waals surface area contributed by atoms with Gasteiger partial charge in [-0.05, 0) is 26.6 Å². The Labute approximate surface area is 101 Å². The van der Waals surface area contributed by atoms with Gasteiger partial charge in [-0.2, -0.15) is 0 Å². The molecule has 0 fully saturated rings. The van der Waals surface area contributed by atoms with E-state index in [0.717, 1.165) is 13.0 Å². The molecule has 1 aromatic heterocycles. The molecule has 0 aliphatic rings. The van der Waals surface area contributed by atoms with Crippen molar-refractivity contribution in [3.8, 4) is 5.88 Å². The lowest BCUT2D eigenvalue weighted by Crippen LogP contribution is -2.18. The van der Waals surface area contributed by atoms with Crippen molar-refractivity contribution in [2.24, 2.45) is 5.73 Å². The molecule has 0 atom stereocenters. The number of ether oxygens (including phenoxy) is 1. The highest BCUT2D eigenvalue weighted by atomic mass is 16.5. The number of nitrogens with two attached hydrogens (primary N) is 2. The first kappa shape index (κ1) is 13.2. The third-order valence-corrected chi connectivity index (χ3v) is 2.13.